The first-order valence-electron chi connectivity index (χ1n) is 5.67. The molecule has 1 aromatic heterocycles. The van der Waals surface area contributed by atoms with Crippen LogP contribution < -0.4 is 0 Å². The van der Waals surface area contributed by atoms with Gasteiger partial charge in [-0.15, -0.1) is 5.10 Å². The maximum absolute atomic E-state index is 11.4. The molecule has 0 saturated carbocycles. The predicted octanol–water partition coefficient (Wildman–Crippen LogP) is 3.95. The average Bonchev–Trinajstić information content (AvgIpc) is 2.87. The molecule has 0 unspecified atom stereocenters. The van der Waals surface area contributed by atoms with E-state index >= 15 is 0 Å². The van der Waals surface area contributed by atoms with Crippen molar-refractivity contribution < 1.29 is 13.9 Å². The Kier molecular flexibility index (Phi) is 5.45. The molecule has 0 spiro atoms. The van der Waals surface area contributed by atoms with Gasteiger partial charge in [-0.3, -0.25) is 0 Å². The number of benzene rings is 1. The van der Waals surface area contributed by atoms with Crippen molar-refractivity contribution >= 4 is 45.3 Å². The predicted molar refractivity (Wildman–Crippen MR) is 79.0 cm³/mol. The fourth-order valence-corrected chi connectivity index (χ4v) is 2.91. The van der Waals surface area contributed by atoms with Gasteiger partial charge in [0.05, 0.1) is 6.61 Å². The molecule has 2 rings (SSSR count). The van der Waals surface area contributed by atoms with E-state index in [4.69, 9.17) is 20.8 Å². The molecular weight excluding hydrogens is 368 g/mol. The van der Waals surface area contributed by atoms with Crippen LogP contribution in [0.2, 0.25) is 5.02 Å². The van der Waals surface area contributed by atoms with Crippen LogP contribution in [0, 0.1) is 0 Å². The molecule has 0 N–H and O–H groups in total. The summed E-state index contributed by atoms with van der Waals surface area (Å²) >= 11 is 10.8. The number of nitrogens with zero attached hydrogens (tertiary/aromatic N) is 2. The Morgan fingerprint density at radius 1 is 1.50 bits per heavy atom. The van der Waals surface area contributed by atoms with Gasteiger partial charge in [-0.25, -0.2) is 4.79 Å². The molecule has 0 aliphatic heterocycles. The second-order valence-corrected chi connectivity index (χ2v) is 5.87. The minimum atomic E-state index is -0.617. The number of carbonyl (C=O) groups excluding carboxylic acids is 1. The molecule has 0 saturated heterocycles. The van der Waals surface area contributed by atoms with Crippen LogP contribution in [0.1, 0.15) is 23.2 Å². The Balaban J connectivity index is 1.99. The molecule has 0 aliphatic rings. The van der Waals surface area contributed by atoms with Gasteiger partial charge in [0.25, 0.3) is 5.22 Å². The summed E-state index contributed by atoms with van der Waals surface area (Å²) in [4.78, 5) is 11.4. The van der Waals surface area contributed by atoms with E-state index < -0.39 is 5.97 Å². The normalized spacial score (nSPS) is 10.6. The van der Waals surface area contributed by atoms with Crippen molar-refractivity contribution in [3.63, 3.8) is 0 Å². The molecule has 1 aromatic carbocycles. The SMILES string of the molecule is CCOC(=O)c1nnc(SCc2ccc(Br)cc2Cl)o1. The number of rotatable bonds is 5. The van der Waals surface area contributed by atoms with Gasteiger partial charge < -0.3 is 9.15 Å². The van der Waals surface area contributed by atoms with Crippen molar-refractivity contribution in [3.05, 3.63) is 39.1 Å². The van der Waals surface area contributed by atoms with E-state index in [0.717, 1.165) is 10.0 Å². The summed E-state index contributed by atoms with van der Waals surface area (Å²) in [6.07, 6.45) is 0. The highest BCUT2D eigenvalue weighted by Crippen LogP contribution is 2.28. The Hall–Kier alpha value is -1.05. The lowest BCUT2D eigenvalue weighted by Gasteiger charge is -2.02. The van der Waals surface area contributed by atoms with Gasteiger partial charge in [0.15, 0.2) is 0 Å². The van der Waals surface area contributed by atoms with Crippen molar-refractivity contribution in [2.24, 2.45) is 0 Å². The second kappa shape index (κ2) is 7.10. The largest absolute Gasteiger partial charge is 0.459 e. The summed E-state index contributed by atoms with van der Waals surface area (Å²) in [5.41, 5.74) is 0.941. The summed E-state index contributed by atoms with van der Waals surface area (Å²) < 4.78 is 10.9. The van der Waals surface area contributed by atoms with Crippen LogP contribution in [0.3, 0.4) is 0 Å². The zero-order valence-corrected chi connectivity index (χ0v) is 13.6. The molecular formula is C12H10BrClN2O3S. The number of carbonyl (C=O) groups is 1. The van der Waals surface area contributed by atoms with Crippen LogP contribution in [0.15, 0.2) is 32.3 Å². The molecule has 106 valence electrons. The molecule has 20 heavy (non-hydrogen) atoms. The highest BCUT2D eigenvalue weighted by molar-refractivity contribution is 9.10. The number of esters is 1. The van der Waals surface area contributed by atoms with Crippen LogP contribution in [-0.2, 0) is 10.5 Å². The molecule has 0 bridgehead atoms. The highest BCUT2D eigenvalue weighted by atomic mass is 79.9. The van der Waals surface area contributed by atoms with E-state index in [2.05, 4.69) is 26.1 Å². The third-order valence-corrected chi connectivity index (χ3v) is 3.94. The first-order valence-corrected chi connectivity index (χ1v) is 7.83. The zero-order valence-electron chi connectivity index (χ0n) is 10.4. The zero-order chi connectivity index (χ0) is 14.5. The van der Waals surface area contributed by atoms with E-state index in [1.165, 1.54) is 11.8 Å². The molecule has 2 aromatic rings. The fourth-order valence-electron chi connectivity index (χ4n) is 1.32. The molecule has 0 aliphatic carbocycles. The number of thioether (sulfide) groups is 1. The van der Waals surface area contributed by atoms with E-state index in [-0.39, 0.29) is 12.5 Å². The number of ether oxygens (including phenoxy) is 1. The van der Waals surface area contributed by atoms with Crippen LogP contribution in [0.25, 0.3) is 0 Å². The molecule has 8 heteroatoms. The third-order valence-electron chi connectivity index (χ3n) is 2.22. The molecule has 0 fully saturated rings. The standard InChI is InChI=1S/C12H10BrClN2O3S/c1-2-18-11(17)10-15-16-12(19-10)20-6-7-3-4-8(13)5-9(7)14/h3-5H,2,6H2,1H3. The van der Waals surface area contributed by atoms with E-state index in [1.54, 1.807) is 6.92 Å². The Morgan fingerprint density at radius 2 is 2.30 bits per heavy atom. The first kappa shape index (κ1) is 15.3. The first-order chi connectivity index (χ1) is 9.60. The number of hydrogen-bond donors (Lipinski definition) is 0. The number of halogens is 2. The van der Waals surface area contributed by atoms with Crippen LogP contribution in [-0.4, -0.2) is 22.8 Å². The topological polar surface area (TPSA) is 65.2 Å². The summed E-state index contributed by atoms with van der Waals surface area (Å²) in [5, 5.41) is 8.35. The van der Waals surface area contributed by atoms with Crippen LogP contribution in [0.5, 0.6) is 0 Å². The molecule has 0 atom stereocenters. The molecule has 5 nitrogen and oxygen atoms in total. The van der Waals surface area contributed by atoms with Gasteiger partial charge in [0.1, 0.15) is 0 Å². The average molecular weight is 378 g/mol. The van der Waals surface area contributed by atoms with Gasteiger partial charge >= 0.3 is 11.9 Å². The Morgan fingerprint density at radius 3 is 3.00 bits per heavy atom. The Labute approximate surface area is 133 Å². The monoisotopic (exact) mass is 376 g/mol. The Bertz CT molecular complexity index is 620. The molecule has 0 radical (unpaired) electrons. The summed E-state index contributed by atoms with van der Waals surface area (Å²) in [6, 6.07) is 5.62. The second-order valence-electron chi connectivity index (χ2n) is 3.62. The minimum Gasteiger partial charge on any atom is -0.459 e. The van der Waals surface area contributed by atoms with Crippen molar-refractivity contribution in [1.82, 2.24) is 10.2 Å². The van der Waals surface area contributed by atoms with Crippen LogP contribution >= 0.6 is 39.3 Å². The quantitative estimate of drug-likeness (QED) is 0.580. The molecule has 1 heterocycles. The highest BCUT2D eigenvalue weighted by Gasteiger charge is 2.16. The lowest BCUT2D eigenvalue weighted by molar-refractivity contribution is 0.0475. The van der Waals surface area contributed by atoms with Crippen molar-refractivity contribution in [2.45, 2.75) is 17.9 Å². The van der Waals surface area contributed by atoms with Gasteiger partial charge in [0, 0.05) is 15.2 Å². The summed E-state index contributed by atoms with van der Waals surface area (Å²) in [6.45, 7) is 1.97. The van der Waals surface area contributed by atoms with E-state index in [1.807, 2.05) is 18.2 Å². The third kappa shape index (κ3) is 3.97. The summed E-state index contributed by atoms with van der Waals surface area (Å²) in [7, 11) is 0. The maximum Gasteiger partial charge on any atom is 0.396 e. The minimum absolute atomic E-state index is 0.142. The number of hydrogen-bond acceptors (Lipinski definition) is 6. The summed E-state index contributed by atoms with van der Waals surface area (Å²) in [5.74, 6) is -0.193. The lowest BCUT2D eigenvalue weighted by atomic mass is 10.2. The van der Waals surface area contributed by atoms with Gasteiger partial charge in [-0.1, -0.05) is 50.5 Å². The van der Waals surface area contributed by atoms with Crippen molar-refractivity contribution in [1.29, 1.82) is 0 Å². The fraction of sp³-hybridized carbons (Fsp3) is 0.250. The van der Waals surface area contributed by atoms with Crippen molar-refractivity contribution in [2.75, 3.05) is 6.61 Å². The number of aromatic nitrogens is 2. The van der Waals surface area contributed by atoms with Gasteiger partial charge in [-0.05, 0) is 24.6 Å². The van der Waals surface area contributed by atoms with Crippen molar-refractivity contribution in [3.8, 4) is 0 Å². The van der Waals surface area contributed by atoms with Crippen LogP contribution in [0.4, 0.5) is 0 Å². The smallest absolute Gasteiger partial charge is 0.396 e. The van der Waals surface area contributed by atoms with E-state index in [0.29, 0.717) is 16.0 Å². The van der Waals surface area contributed by atoms with Gasteiger partial charge in [0.2, 0.25) is 0 Å². The van der Waals surface area contributed by atoms with Gasteiger partial charge in [-0.2, -0.15) is 0 Å². The maximum atomic E-state index is 11.4. The lowest BCUT2D eigenvalue weighted by Crippen LogP contribution is -2.04. The van der Waals surface area contributed by atoms with E-state index in [9.17, 15) is 4.79 Å². The molecule has 0 amide bonds.